The number of carbonyl (C=O) groups is 1. The summed E-state index contributed by atoms with van der Waals surface area (Å²) in [4.78, 5) is 29.2. The summed E-state index contributed by atoms with van der Waals surface area (Å²) in [6, 6.07) is 5.90. The molecule has 0 spiro atoms. The Morgan fingerprint density at radius 3 is 2.82 bits per heavy atom. The van der Waals surface area contributed by atoms with Crippen molar-refractivity contribution in [2.75, 3.05) is 5.73 Å². The van der Waals surface area contributed by atoms with Crippen LogP contribution in [0.4, 0.5) is 5.69 Å². The fourth-order valence-electron chi connectivity index (χ4n) is 4.60. The molecule has 2 aliphatic rings. The van der Waals surface area contributed by atoms with Gasteiger partial charge in [0.1, 0.15) is 6.61 Å². The van der Waals surface area contributed by atoms with Crippen LogP contribution in [0, 0.1) is 6.92 Å². The molecular formula is C22H21N3O3. The van der Waals surface area contributed by atoms with Gasteiger partial charge in [-0.1, -0.05) is 0 Å². The van der Waals surface area contributed by atoms with Crippen LogP contribution in [0.15, 0.2) is 23.0 Å². The molecular weight excluding hydrogens is 354 g/mol. The number of nitrogen functional groups attached to an aromatic ring is 1. The summed E-state index contributed by atoms with van der Waals surface area (Å²) in [5, 5.41) is 1.17. The molecule has 2 N–H and O–H groups in total. The van der Waals surface area contributed by atoms with E-state index in [1.807, 2.05) is 25.1 Å². The van der Waals surface area contributed by atoms with E-state index in [9.17, 15) is 9.59 Å². The normalized spacial score (nSPS) is 14.1. The molecule has 3 aromatic rings. The van der Waals surface area contributed by atoms with Crippen molar-refractivity contribution in [2.24, 2.45) is 0 Å². The summed E-state index contributed by atoms with van der Waals surface area (Å²) in [7, 11) is 0. The number of nitrogens with two attached hydrogens (primary N) is 1. The summed E-state index contributed by atoms with van der Waals surface area (Å²) in [6.45, 7) is 3.73. The SMILES string of the molecule is CC(=O)OCc1c(C)cc2n(c1=O)Cc1c-2nc2ccc(N)c3c2c1CCC3. The molecule has 1 aliphatic heterocycles. The molecule has 0 saturated heterocycles. The molecule has 0 fully saturated rings. The molecule has 6 nitrogen and oxygen atoms in total. The maximum Gasteiger partial charge on any atom is 0.302 e. The highest BCUT2D eigenvalue weighted by atomic mass is 16.5. The third-order valence-electron chi connectivity index (χ3n) is 5.97. The zero-order valence-corrected chi connectivity index (χ0v) is 16.0. The van der Waals surface area contributed by atoms with Crippen molar-refractivity contribution >= 4 is 22.6 Å². The van der Waals surface area contributed by atoms with Crippen LogP contribution in [0.5, 0.6) is 0 Å². The molecule has 3 heterocycles. The highest BCUT2D eigenvalue weighted by molar-refractivity contribution is 5.94. The van der Waals surface area contributed by atoms with Gasteiger partial charge in [0.05, 0.1) is 29.0 Å². The summed E-state index contributed by atoms with van der Waals surface area (Å²) < 4.78 is 6.85. The number of anilines is 1. The van der Waals surface area contributed by atoms with Crippen LogP contribution in [0.3, 0.4) is 0 Å². The Labute approximate surface area is 162 Å². The van der Waals surface area contributed by atoms with Gasteiger partial charge in [0.25, 0.3) is 5.56 Å². The van der Waals surface area contributed by atoms with Crippen LogP contribution in [-0.4, -0.2) is 15.5 Å². The van der Waals surface area contributed by atoms with Gasteiger partial charge in [-0.3, -0.25) is 9.59 Å². The summed E-state index contributed by atoms with van der Waals surface area (Å²) >= 11 is 0. The lowest BCUT2D eigenvalue weighted by Gasteiger charge is -2.21. The third-order valence-corrected chi connectivity index (χ3v) is 5.97. The second-order valence-electron chi connectivity index (χ2n) is 7.66. The molecule has 0 saturated carbocycles. The molecule has 0 radical (unpaired) electrons. The number of fused-ring (bicyclic) bond motifs is 4. The first kappa shape index (κ1) is 17.0. The summed E-state index contributed by atoms with van der Waals surface area (Å²) in [6.07, 6.45) is 2.99. The lowest BCUT2D eigenvalue weighted by atomic mass is 9.86. The molecule has 5 rings (SSSR count). The van der Waals surface area contributed by atoms with E-state index in [4.69, 9.17) is 15.5 Å². The number of hydrogen-bond donors (Lipinski definition) is 1. The second-order valence-corrected chi connectivity index (χ2v) is 7.66. The van der Waals surface area contributed by atoms with Gasteiger partial charge in [-0.15, -0.1) is 0 Å². The van der Waals surface area contributed by atoms with E-state index in [1.165, 1.54) is 23.4 Å². The Morgan fingerprint density at radius 1 is 1.25 bits per heavy atom. The average molecular weight is 375 g/mol. The predicted molar refractivity (Wildman–Crippen MR) is 107 cm³/mol. The van der Waals surface area contributed by atoms with E-state index in [2.05, 4.69) is 0 Å². The van der Waals surface area contributed by atoms with E-state index in [1.54, 1.807) is 4.57 Å². The zero-order chi connectivity index (χ0) is 19.6. The summed E-state index contributed by atoms with van der Waals surface area (Å²) in [5.41, 5.74) is 14.5. The summed E-state index contributed by atoms with van der Waals surface area (Å²) in [5.74, 6) is -0.393. The Bertz CT molecular complexity index is 1240. The van der Waals surface area contributed by atoms with Crippen LogP contribution >= 0.6 is 0 Å². The quantitative estimate of drug-likeness (QED) is 0.430. The predicted octanol–water partition coefficient (Wildman–Crippen LogP) is 2.87. The van der Waals surface area contributed by atoms with Crippen LogP contribution < -0.4 is 11.3 Å². The zero-order valence-electron chi connectivity index (χ0n) is 16.0. The third kappa shape index (κ3) is 2.30. The van der Waals surface area contributed by atoms with Crippen molar-refractivity contribution in [3.63, 3.8) is 0 Å². The lowest BCUT2D eigenvalue weighted by Crippen LogP contribution is -2.25. The lowest BCUT2D eigenvalue weighted by molar-refractivity contribution is -0.142. The van der Waals surface area contributed by atoms with Crippen molar-refractivity contribution in [2.45, 2.75) is 46.3 Å². The van der Waals surface area contributed by atoms with E-state index in [-0.39, 0.29) is 12.2 Å². The monoisotopic (exact) mass is 375 g/mol. The van der Waals surface area contributed by atoms with Crippen molar-refractivity contribution in [1.82, 2.24) is 9.55 Å². The highest BCUT2D eigenvalue weighted by Gasteiger charge is 2.29. The number of aryl methyl sites for hydroxylation is 3. The minimum absolute atomic E-state index is 0.000428. The minimum Gasteiger partial charge on any atom is -0.461 e. The van der Waals surface area contributed by atoms with Crippen molar-refractivity contribution in [3.8, 4) is 11.4 Å². The molecule has 1 aliphatic carbocycles. The first-order valence-corrected chi connectivity index (χ1v) is 9.55. The number of pyridine rings is 2. The fraction of sp³-hybridized carbons (Fsp3) is 0.318. The fourth-order valence-corrected chi connectivity index (χ4v) is 4.60. The molecule has 142 valence electrons. The molecule has 0 atom stereocenters. The molecule has 0 unspecified atom stereocenters. The number of carbonyl (C=O) groups excluding carboxylic acids is 1. The Kier molecular flexibility index (Phi) is 3.59. The molecule has 6 heteroatoms. The average Bonchev–Trinajstić information content (AvgIpc) is 3.03. The van der Waals surface area contributed by atoms with Gasteiger partial charge in [0.2, 0.25) is 0 Å². The Balaban J connectivity index is 1.74. The van der Waals surface area contributed by atoms with Gasteiger partial charge in [-0.05, 0) is 61.1 Å². The number of ether oxygens (including phenoxy) is 1. The van der Waals surface area contributed by atoms with E-state index in [0.717, 1.165) is 53.0 Å². The smallest absolute Gasteiger partial charge is 0.302 e. The van der Waals surface area contributed by atoms with Crippen LogP contribution in [0.2, 0.25) is 0 Å². The van der Waals surface area contributed by atoms with Gasteiger partial charge < -0.3 is 15.0 Å². The van der Waals surface area contributed by atoms with E-state index in [0.29, 0.717) is 12.1 Å². The minimum atomic E-state index is -0.393. The maximum absolute atomic E-state index is 13.1. The van der Waals surface area contributed by atoms with Gasteiger partial charge in [-0.2, -0.15) is 0 Å². The van der Waals surface area contributed by atoms with Crippen LogP contribution in [-0.2, 0) is 35.5 Å². The molecule has 0 amide bonds. The van der Waals surface area contributed by atoms with Gasteiger partial charge in [0, 0.05) is 23.6 Å². The highest BCUT2D eigenvalue weighted by Crippen LogP contribution is 2.41. The van der Waals surface area contributed by atoms with E-state index >= 15 is 0 Å². The largest absolute Gasteiger partial charge is 0.461 e. The van der Waals surface area contributed by atoms with Crippen molar-refractivity contribution in [1.29, 1.82) is 0 Å². The Hall–Kier alpha value is -3.15. The van der Waals surface area contributed by atoms with Crippen LogP contribution in [0.25, 0.3) is 22.3 Å². The van der Waals surface area contributed by atoms with Crippen molar-refractivity contribution < 1.29 is 9.53 Å². The molecule has 2 aromatic heterocycles. The van der Waals surface area contributed by atoms with Gasteiger partial charge in [0.15, 0.2) is 0 Å². The van der Waals surface area contributed by atoms with Crippen LogP contribution in [0.1, 0.15) is 41.2 Å². The van der Waals surface area contributed by atoms with Crippen molar-refractivity contribution in [3.05, 3.63) is 56.4 Å². The maximum atomic E-state index is 13.1. The van der Waals surface area contributed by atoms with Gasteiger partial charge in [-0.25, -0.2) is 4.98 Å². The number of benzene rings is 1. The number of nitrogens with zero attached hydrogens (tertiary/aromatic N) is 2. The molecule has 0 bridgehead atoms. The van der Waals surface area contributed by atoms with E-state index < -0.39 is 5.97 Å². The topological polar surface area (TPSA) is 87.2 Å². The number of aromatic nitrogens is 2. The second kappa shape index (κ2) is 5.92. The number of hydrogen-bond acceptors (Lipinski definition) is 5. The first-order valence-electron chi connectivity index (χ1n) is 9.55. The first-order chi connectivity index (χ1) is 13.5. The molecule has 1 aromatic carbocycles. The molecule has 28 heavy (non-hydrogen) atoms. The Morgan fingerprint density at radius 2 is 2.04 bits per heavy atom. The van der Waals surface area contributed by atoms with Gasteiger partial charge >= 0.3 is 5.97 Å². The standard InChI is InChI=1S/C22H21N3O3/c1-11-8-19-21-15(9-25(19)22(27)16(11)10-28-12(2)26)13-4-3-5-14-17(23)6-7-18(24-21)20(13)14/h6-8H,3-5,9-10,23H2,1-2H3. The number of esters is 1. The number of rotatable bonds is 2.